The Morgan fingerprint density at radius 3 is 2.62 bits per heavy atom. The van der Waals surface area contributed by atoms with E-state index in [1.807, 2.05) is 0 Å². The second-order valence-corrected chi connectivity index (χ2v) is 10.5. The summed E-state index contributed by atoms with van der Waals surface area (Å²) in [5.41, 5.74) is -0.757. The first kappa shape index (κ1) is 28.8. The van der Waals surface area contributed by atoms with Gasteiger partial charge in [0.05, 0.1) is 30.9 Å². The fourth-order valence-electron chi connectivity index (χ4n) is 4.33. The predicted octanol–water partition coefficient (Wildman–Crippen LogP) is 4.43. The quantitative estimate of drug-likeness (QED) is 0.229. The molecule has 0 saturated carbocycles. The molecule has 11 nitrogen and oxygen atoms in total. The van der Waals surface area contributed by atoms with Crippen LogP contribution in [0.3, 0.4) is 0 Å². The van der Waals surface area contributed by atoms with Crippen LogP contribution in [0.2, 0.25) is 0 Å². The monoisotopic (exact) mass is 573 g/mol. The molecule has 1 fully saturated rings. The van der Waals surface area contributed by atoms with E-state index in [1.54, 1.807) is 17.9 Å². The Balaban J connectivity index is 1.65. The number of H-pyrrole nitrogens is 1. The van der Waals surface area contributed by atoms with Gasteiger partial charge in [-0.25, -0.2) is 13.8 Å². The van der Waals surface area contributed by atoms with Crippen LogP contribution in [0.5, 0.6) is 0 Å². The number of aromatic nitrogens is 3. The van der Waals surface area contributed by atoms with Crippen LogP contribution in [-0.2, 0) is 26.8 Å². The van der Waals surface area contributed by atoms with E-state index < -0.39 is 49.4 Å². The van der Waals surface area contributed by atoms with E-state index in [-0.39, 0.29) is 35.5 Å². The third-order valence-electron chi connectivity index (χ3n) is 6.11. The molecule has 0 aliphatic carbocycles. The highest BCUT2D eigenvalue weighted by Crippen LogP contribution is 2.41. The Morgan fingerprint density at radius 2 is 1.97 bits per heavy atom. The lowest BCUT2D eigenvalue weighted by Gasteiger charge is -2.41. The second kappa shape index (κ2) is 11.1. The summed E-state index contributed by atoms with van der Waals surface area (Å²) in [6.07, 6.45) is -6.45. The van der Waals surface area contributed by atoms with E-state index in [0.29, 0.717) is 11.1 Å². The Hall–Kier alpha value is -3.23. The molecule has 1 saturated heterocycles. The van der Waals surface area contributed by atoms with Crippen LogP contribution in [0.15, 0.2) is 52.2 Å². The standard InChI is InChI=1S/C23H24F4N5O6P/c1-13-9-16(11-17(10-13)23(25,26)27)14(2)38-21-20(15-3-5-18(24)6-4-15)31(7-8-37-21)12-19-28-22(33)32(29-19)39(35,36)30-34/h3-6,9-11,14,20-21H,7-8,12H2,1-2H3,(H,35,36)(H,28,29,33)/t14-,20+,21-/m1/s1. The maximum absolute atomic E-state index is 13.7. The minimum absolute atomic E-state index is 0.0642. The van der Waals surface area contributed by atoms with Gasteiger partial charge in [0.25, 0.3) is 0 Å². The molecule has 0 radical (unpaired) electrons. The molecule has 4 atom stereocenters. The van der Waals surface area contributed by atoms with Crippen molar-refractivity contribution in [2.75, 3.05) is 13.2 Å². The molecule has 16 heteroatoms. The Labute approximate surface area is 218 Å². The number of nitrogens with one attached hydrogen (secondary N) is 1. The summed E-state index contributed by atoms with van der Waals surface area (Å²) in [5, 5.41) is 3.72. The summed E-state index contributed by atoms with van der Waals surface area (Å²) < 4.78 is 77.7. The van der Waals surface area contributed by atoms with Crippen molar-refractivity contribution in [3.8, 4) is 0 Å². The van der Waals surface area contributed by atoms with Gasteiger partial charge in [0.1, 0.15) is 11.6 Å². The van der Waals surface area contributed by atoms with Crippen LogP contribution in [0, 0.1) is 17.6 Å². The molecule has 0 amide bonds. The number of alkyl halides is 3. The first-order valence-electron chi connectivity index (χ1n) is 11.6. The van der Waals surface area contributed by atoms with Gasteiger partial charge in [-0.1, -0.05) is 23.8 Å². The van der Waals surface area contributed by atoms with Gasteiger partial charge in [-0.3, -0.25) is 9.88 Å². The van der Waals surface area contributed by atoms with E-state index in [1.165, 1.54) is 31.2 Å². The second-order valence-electron chi connectivity index (χ2n) is 8.98. The molecular weight excluding hydrogens is 549 g/mol. The van der Waals surface area contributed by atoms with Crippen molar-refractivity contribution in [3.05, 3.63) is 91.8 Å². The average molecular weight is 573 g/mol. The van der Waals surface area contributed by atoms with E-state index in [4.69, 9.17) is 9.47 Å². The molecule has 3 aromatic rings. The van der Waals surface area contributed by atoms with E-state index in [9.17, 15) is 36.7 Å². The zero-order valence-corrected chi connectivity index (χ0v) is 21.5. The van der Waals surface area contributed by atoms with Gasteiger partial charge in [0, 0.05) is 11.5 Å². The third kappa shape index (κ3) is 6.50. The summed E-state index contributed by atoms with van der Waals surface area (Å²) in [6, 6.07) is 8.23. The molecule has 2 N–H and O–H groups in total. The maximum Gasteiger partial charge on any atom is 0.472 e. The number of rotatable bonds is 8. The van der Waals surface area contributed by atoms with Crippen molar-refractivity contribution in [2.24, 2.45) is 4.95 Å². The van der Waals surface area contributed by atoms with Gasteiger partial charge >= 0.3 is 19.5 Å². The number of hydrogen-bond donors (Lipinski definition) is 2. The van der Waals surface area contributed by atoms with Gasteiger partial charge < -0.3 is 14.4 Å². The molecule has 210 valence electrons. The molecule has 1 aliphatic heterocycles. The number of benzene rings is 2. The van der Waals surface area contributed by atoms with Crippen LogP contribution in [0.4, 0.5) is 17.6 Å². The number of hydrogen-bond acceptors (Lipinski definition) is 7. The number of nitroso groups, excluding NO2 is 1. The van der Waals surface area contributed by atoms with Crippen LogP contribution in [-0.4, -0.2) is 43.8 Å². The number of halogens is 4. The fourth-order valence-corrected chi connectivity index (χ4v) is 4.91. The number of aryl methyl sites for hydroxylation is 1. The van der Waals surface area contributed by atoms with E-state index >= 15 is 0 Å². The van der Waals surface area contributed by atoms with Gasteiger partial charge in [-0.05, 0) is 49.2 Å². The summed E-state index contributed by atoms with van der Waals surface area (Å²) in [6.45, 7) is 3.34. The fraction of sp³-hybridized carbons (Fsp3) is 0.391. The molecule has 0 spiro atoms. The smallest absolute Gasteiger partial charge is 0.349 e. The SMILES string of the molecule is Cc1cc([C@@H](C)O[C@H]2OCCN(Cc3nn(P(=O)(O)N=O)c(=O)[nH]3)[C@H]2c2ccc(F)cc2)cc(C(F)(F)F)c1. The number of morpholine rings is 1. The van der Waals surface area contributed by atoms with Crippen molar-refractivity contribution < 1.29 is 36.5 Å². The molecule has 2 heterocycles. The van der Waals surface area contributed by atoms with Crippen LogP contribution in [0.1, 0.15) is 47.1 Å². The van der Waals surface area contributed by atoms with Crippen molar-refractivity contribution >= 4 is 7.67 Å². The lowest BCUT2D eigenvalue weighted by molar-refractivity contribution is -0.231. The first-order valence-corrected chi connectivity index (χ1v) is 13.2. The molecule has 1 aliphatic rings. The molecule has 1 unspecified atom stereocenters. The topological polar surface area (TPSA) is 139 Å². The predicted molar refractivity (Wildman–Crippen MR) is 129 cm³/mol. The van der Waals surface area contributed by atoms with E-state index in [0.717, 1.165) is 12.1 Å². The zero-order chi connectivity index (χ0) is 28.5. The summed E-state index contributed by atoms with van der Waals surface area (Å²) in [4.78, 5) is 38.5. The normalized spacial score (nSPS) is 20.9. The third-order valence-corrected chi connectivity index (χ3v) is 7.09. The van der Waals surface area contributed by atoms with Gasteiger partial charge in [0.15, 0.2) is 6.29 Å². The summed E-state index contributed by atoms with van der Waals surface area (Å²) in [7, 11) is -4.92. The van der Waals surface area contributed by atoms with Gasteiger partial charge in [0.2, 0.25) is 0 Å². The highest BCUT2D eigenvalue weighted by Gasteiger charge is 2.38. The lowest BCUT2D eigenvalue weighted by Crippen LogP contribution is -2.46. The van der Waals surface area contributed by atoms with Crippen LogP contribution >= 0.6 is 7.67 Å². The summed E-state index contributed by atoms with van der Waals surface area (Å²) in [5.74, 6) is -0.581. The number of nitrogens with zero attached hydrogens (tertiary/aromatic N) is 4. The largest absolute Gasteiger partial charge is 0.472 e. The average Bonchev–Trinajstić information content (AvgIpc) is 3.24. The zero-order valence-electron chi connectivity index (χ0n) is 20.6. The van der Waals surface area contributed by atoms with Crippen molar-refractivity contribution in [1.29, 1.82) is 0 Å². The summed E-state index contributed by atoms with van der Waals surface area (Å²) >= 11 is 0. The van der Waals surface area contributed by atoms with Crippen molar-refractivity contribution in [2.45, 2.75) is 45.0 Å². The Kier molecular flexibility index (Phi) is 8.19. The van der Waals surface area contributed by atoms with Gasteiger partial charge in [-0.15, -0.1) is 14.5 Å². The first-order chi connectivity index (χ1) is 18.3. The Morgan fingerprint density at radius 1 is 1.28 bits per heavy atom. The van der Waals surface area contributed by atoms with Gasteiger partial charge in [-0.2, -0.15) is 13.2 Å². The maximum atomic E-state index is 13.7. The minimum atomic E-state index is -4.92. The number of ether oxygens (including phenoxy) is 2. The molecular formula is C23H24F4N5O6P. The lowest BCUT2D eigenvalue weighted by atomic mass is 10.0. The molecule has 4 rings (SSSR count). The van der Waals surface area contributed by atoms with Crippen LogP contribution < -0.4 is 5.69 Å². The van der Waals surface area contributed by atoms with Crippen molar-refractivity contribution in [3.63, 3.8) is 0 Å². The minimum Gasteiger partial charge on any atom is -0.349 e. The van der Waals surface area contributed by atoms with E-state index in [2.05, 4.69) is 15.0 Å². The molecule has 1 aromatic heterocycles. The molecule has 2 aromatic carbocycles. The molecule has 39 heavy (non-hydrogen) atoms. The highest BCUT2D eigenvalue weighted by molar-refractivity contribution is 7.54. The van der Waals surface area contributed by atoms with Crippen LogP contribution in [0.25, 0.3) is 0 Å². The Bertz CT molecular complexity index is 1440. The van der Waals surface area contributed by atoms with Crippen molar-refractivity contribution in [1.82, 2.24) is 19.4 Å². The molecule has 0 bridgehead atoms. The number of aromatic amines is 1. The highest BCUT2D eigenvalue weighted by atomic mass is 31.2.